The fourth-order valence-corrected chi connectivity index (χ4v) is 6.18. The van der Waals surface area contributed by atoms with Crippen molar-refractivity contribution in [3.63, 3.8) is 0 Å². The van der Waals surface area contributed by atoms with Crippen LogP contribution in [0.3, 0.4) is 0 Å². The number of hydrogen-bond donors (Lipinski definition) is 0. The maximum Gasteiger partial charge on any atom is 0.243 e. The lowest BCUT2D eigenvalue weighted by Gasteiger charge is -2.35. The van der Waals surface area contributed by atoms with Crippen LogP contribution in [0, 0.1) is 0 Å². The molecule has 0 bridgehead atoms. The Kier molecular flexibility index (Phi) is 6.48. The van der Waals surface area contributed by atoms with Crippen LogP contribution >= 0.6 is 0 Å². The van der Waals surface area contributed by atoms with Crippen molar-refractivity contribution in [3.8, 4) is 5.75 Å². The average molecular weight is 458 g/mol. The number of benzene rings is 2. The van der Waals surface area contributed by atoms with Crippen LogP contribution in [0.1, 0.15) is 16.7 Å². The van der Waals surface area contributed by atoms with E-state index < -0.39 is 10.0 Å². The second-order valence-corrected chi connectivity index (χ2v) is 10.7. The Balaban J connectivity index is 1.16. The highest BCUT2D eigenvalue weighted by Crippen LogP contribution is 2.26. The first-order valence-corrected chi connectivity index (χ1v) is 12.9. The van der Waals surface area contributed by atoms with Crippen molar-refractivity contribution in [3.05, 3.63) is 59.2 Å². The molecule has 2 aromatic rings. The number of nitrogens with zero attached hydrogens (tertiary/aromatic N) is 3. The average Bonchev–Trinajstić information content (AvgIpc) is 3.29. The summed E-state index contributed by atoms with van der Waals surface area (Å²) in [5.74, 6) is 1.04. The Morgan fingerprint density at radius 1 is 0.781 bits per heavy atom. The maximum absolute atomic E-state index is 13.0. The van der Waals surface area contributed by atoms with Gasteiger partial charge in [0, 0.05) is 58.8 Å². The number of morpholine rings is 1. The van der Waals surface area contributed by atoms with E-state index in [0.29, 0.717) is 31.2 Å². The highest BCUT2D eigenvalue weighted by molar-refractivity contribution is 7.89. The van der Waals surface area contributed by atoms with Crippen molar-refractivity contribution in [2.24, 2.45) is 0 Å². The van der Waals surface area contributed by atoms with Gasteiger partial charge >= 0.3 is 0 Å². The van der Waals surface area contributed by atoms with E-state index in [1.807, 2.05) is 18.2 Å². The molecule has 2 fully saturated rings. The molecule has 0 aliphatic carbocycles. The molecule has 0 saturated carbocycles. The molecule has 172 valence electrons. The molecule has 2 aromatic carbocycles. The third kappa shape index (κ3) is 4.84. The standard InChI is InChI=1S/C24H31N3O4S/c28-32(29,27-11-14-30-15-12-27)23-3-1-2-20(17-23)18-25-7-9-26(10-8-25)19-21-4-5-24-22(16-21)6-13-31-24/h1-5,16-17H,6-15,18-19H2. The first-order chi connectivity index (χ1) is 15.6. The summed E-state index contributed by atoms with van der Waals surface area (Å²) in [6.45, 7) is 8.29. The number of fused-ring (bicyclic) bond motifs is 1. The monoisotopic (exact) mass is 457 g/mol. The molecule has 0 aromatic heterocycles. The Bertz CT molecular complexity index is 1040. The summed E-state index contributed by atoms with van der Waals surface area (Å²) < 4.78 is 38.4. The highest BCUT2D eigenvalue weighted by Gasteiger charge is 2.26. The normalized spacial score (nSPS) is 20.8. The van der Waals surface area contributed by atoms with Crippen molar-refractivity contribution in [2.45, 2.75) is 24.4 Å². The van der Waals surface area contributed by atoms with Gasteiger partial charge in [-0.15, -0.1) is 0 Å². The summed E-state index contributed by atoms with van der Waals surface area (Å²) in [6.07, 6.45) is 1.01. The van der Waals surface area contributed by atoms with Gasteiger partial charge in [0.15, 0.2) is 0 Å². The van der Waals surface area contributed by atoms with E-state index >= 15 is 0 Å². The molecule has 0 radical (unpaired) electrons. The Labute approximate surface area is 190 Å². The molecule has 3 aliphatic heterocycles. The summed E-state index contributed by atoms with van der Waals surface area (Å²) in [7, 11) is -3.46. The van der Waals surface area contributed by atoms with Crippen LogP contribution in [0.15, 0.2) is 47.4 Å². The summed E-state index contributed by atoms with van der Waals surface area (Å²) in [4.78, 5) is 5.29. The van der Waals surface area contributed by atoms with Crippen LogP contribution in [0.2, 0.25) is 0 Å². The molecule has 0 spiro atoms. The Morgan fingerprint density at radius 3 is 2.19 bits per heavy atom. The zero-order valence-electron chi connectivity index (χ0n) is 18.4. The van der Waals surface area contributed by atoms with Crippen molar-refractivity contribution < 1.29 is 17.9 Å². The third-order valence-corrected chi connectivity index (χ3v) is 8.43. The highest BCUT2D eigenvalue weighted by atomic mass is 32.2. The first kappa shape index (κ1) is 21.9. The second kappa shape index (κ2) is 9.49. The molecule has 3 aliphatic rings. The molecular weight excluding hydrogens is 426 g/mol. The summed E-state index contributed by atoms with van der Waals surface area (Å²) in [5.41, 5.74) is 3.73. The van der Waals surface area contributed by atoms with Gasteiger partial charge in [-0.1, -0.05) is 24.3 Å². The van der Waals surface area contributed by atoms with Gasteiger partial charge in [-0.3, -0.25) is 9.80 Å². The van der Waals surface area contributed by atoms with Gasteiger partial charge in [-0.25, -0.2) is 8.42 Å². The smallest absolute Gasteiger partial charge is 0.243 e. The predicted molar refractivity (Wildman–Crippen MR) is 122 cm³/mol. The van der Waals surface area contributed by atoms with E-state index in [0.717, 1.165) is 63.6 Å². The third-order valence-electron chi connectivity index (χ3n) is 6.54. The van der Waals surface area contributed by atoms with E-state index in [9.17, 15) is 8.42 Å². The van der Waals surface area contributed by atoms with Gasteiger partial charge in [0.25, 0.3) is 0 Å². The zero-order chi connectivity index (χ0) is 22.0. The van der Waals surface area contributed by atoms with Gasteiger partial charge in [-0.05, 0) is 34.9 Å². The molecule has 3 heterocycles. The van der Waals surface area contributed by atoms with Gasteiger partial charge < -0.3 is 9.47 Å². The predicted octanol–water partition coefficient (Wildman–Crippen LogP) is 1.96. The van der Waals surface area contributed by atoms with Gasteiger partial charge in [0.05, 0.1) is 24.7 Å². The minimum Gasteiger partial charge on any atom is -0.493 e. The molecule has 7 nitrogen and oxygen atoms in total. The zero-order valence-corrected chi connectivity index (χ0v) is 19.2. The lowest BCUT2D eigenvalue weighted by molar-refractivity contribution is 0.0730. The topological polar surface area (TPSA) is 62.3 Å². The lowest BCUT2D eigenvalue weighted by atomic mass is 10.1. The van der Waals surface area contributed by atoms with Gasteiger partial charge in [-0.2, -0.15) is 4.31 Å². The molecule has 2 saturated heterocycles. The molecule has 8 heteroatoms. The largest absolute Gasteiger partial charge is 0.493 e. The first-order valence-electron chi connectivity index (χ1n) is 11.4. The van der Waals surface area contributed by atoms with Crippen molar-refractivity contribution >= 4 is 10.0 Å². The Hall–Kier alpha value is -1.97. The van der Waals surface area contributed by atoms with Crippen LogP contribution in [0.4, 0.5) is 0 Å². The van der Waals surface area contributed by atoms with Crippen LogP contribution < -0.4 is 4.74 Å². The molecule has 0 N–H and O–H groups in total. The molecule has 0 atom stereocenters. The summed E-state index contributed by atoms with van der Waals surface area (Å²) in [5, 5.41) is 0. The van der Waals surface area contributed by atoms with Gasteiger partial charge in [0.2, 0.25) is 10.0 Å². The number of piperazine rings is 1. The minimum absolute atomic E-state index is 0.385. The van der Waals surface area contributed by atoms with E-state index in [1.54, 1.807) is 6.07 Å². The molecule has 0 unspecified atom stereocenters. The number of ether oxygens (including phenoxy) is 2. The van der Waals surface area contributed by atoms with Crippen LogP contribution in [-0.2, 0) is 34.3 Å². The van der Waals surface area contributed by atoms with E-state index in [1.165, 1.54) is 15.4 Å². The second-order valence-electron chi connectivity index (χ2n) is 8.76. The van der Waals surface area contributed by atoms with Crippen molar-refractivity contribution in [2.75, 3.05) is 59.1 Å². The van der Waals surface area contributed by atoms with Crippen molar-refractivity contribution in [1.82, 2.24) is 14.1 Å². The quantitative estimate of drug-likeness (QED) is 0.661. The molecular formula is C24H31N3O4S. The van der Waals surface area contributed by atoms with Crippen molar-refractivity contribution in [1.29, 1.82) is 0 Å². The molecule has 5 rings (SSSR count). The van der Waals surface area contributed by atoms with Gasteiger partial charge in [0.1, 0.15) is 5.75 Å². The van der Waals surface area contributed by atoms with E-state index in [-0.39, 0.29) is 0 Å². The summed E-state index contributed by atoms with van der Waals surface area (Å²) in [6, 6.07) is 14.0. The number of rotatable bonds is 6. The number of sulfonamides is 1. The fraction of sp³-hybridized carbons (Fsp3) is 0.500. The van der Waals surface area contributed by atoms with Crippen LogP contribution in [0.25, 0.3) is 0 Å². The van der Waals surface area contributed by atoms with Crippen LogP contribution in [-0.4, -0.2) is 81.6 Å². The van der Waals surface area contributed by atoms with Crippen LogP contribution in [0.5, 0.6) is 5.75 Å². The maximum atomic E-state index is 13.0. The fourth-order valence-electron chi connectivity index (χ4n) is 4.70. The van der Waals surface area contributed by atoms with E-state index in [4.69, 9.17) is 9.47 Å². The lowest BCUT2D eigenvalue weighted by Crippen LogP contribution is -2.45. The minimum atomic E-state index is -3.46. The SMILES string of the molecule is O=S(=O)(c1cccc(CN2CCN(Cc3ccc4c(c3)CCO4)CC2)c1)N1CCOCC1. The summed E-state index contributed by atoms with van der Waals surface area (Å²) >= 11 is 0. The number of hydrogen-bond acceptors (Lipinski definition) is 6. The molecule has 0 amide bonds. The molecule has 32 heavy (non-hydrogen) atoms. The van der Waals surface area contributed by atoms with E-state index in [2.05, 4.69) is 28.0 Å². The Morgan fingerprint density at radius 2 is 1.47 bits per heavy atom.